The van der Waals surface area contributed by atoms with Crippen molar-refractivity contribution >= 4 is 35.6 Å². The molecule has 2 saturated carbocycles. The van der Waals surface area contributed by atoms with Crippen LogP contribution in [0, 0.1) is 28.1 Å². The highest BCUT2D eigenvalue weighted by Gasteiger charge is 2.70. The third kappa shape index (κ3) is 9.54. The van der Waals surface area contributed by atoms with E-state index < -0.39 is 64.7 Å². The number of hydrogen-bond donors (Lipinski definition) is 5. The normalized spacial score (nSPS) is 23.8. The Labute approximate surface area is 291 Å². The second kappa shape index (κ2) is 16.4. The number of hydrogen-bond acceptors (Lipinski definition) is 7. The first kappa shape index (κ1) is 39.8. The molecule has 0 aromatic heterocycles. The Kier molecular flexibility index (Phi) is 13.3. The summed E-state index contributed by atoms with van der Waals surface area (Å²) < 4.78 is 5.35. The Morgan fingerprint density at radius 1 is 0.959 bits per heavy atom. The Morgan fingerprint density at radius 3 is 2.18 bits per heavy atom. The molecule has 1 unspecified atom stereocenters. The number of carbonyl (C=O) groups is 6. The highest BCUT2D eigenvalue weighted by atomic mass is 16.5. The fourth-order valence-corrected chi connectivity index (χ4v) is 7.58. The van der Waals surface area contributed by atoms with Crippen molar-refractivity contribution in [2.45, 2.75) is 125 Å². The van der Waals surface area contributed by atoms with Crippen LogP contribution in [0.3, 0.4) is 0 Å². The van der Waals surface area contributed by atoms with E-state index in [1.54, 1.807) is 11.8 Å². The van der Waals surface area contributed by atoms with Crippen LogP contribution in [0.1, 0.15) is 100 Å². The Balaban J connectivity index is 1.87. The van der Waals surface area contributed by atoms with E-state index >= 15 is 0 Å². The molecule has 1 saturated heterocycles. The molecule has 3 rings (SSSR count). The van der Waals surface area contributed by atoms with Gasteiger partial charge in [0, 0.05) is 19.6 Å². The quantitative estimate of drug-likeness (QED) is 0.129. The number of amides is 6. The molecule has 0 bridgehead atoms. The Hall–Kier alpha value is -3.64. The third-order valence-corrected chi connectivity index (χ3v) is 10.9. The minimum atomic E-state index is -1.04. The molecule has 0 aromatic carbocycles. The number of nitrogens with zero attached hydrogens (tertiary/aromatic N) is 1. The van der Waals surface area contributed by atoms with Crippen molar-refractivity contribution in [1.82, 2.24) is 31.5 Å². The van der Waals surface area contributed by atoms with E-state index in [1.165, 1.54) is 6.08 Å². The van der Waals surface area contributed by atoms with Crippen LogP contribution in [0.25, 0.3) is 0 Å². The molecule has 0 radical (unpaired) electrons. The van der Waals surface area contributed by atoms with Crippen molar-refractivity contribution in [1.29, 1.82) is 0 Å². The van der Waals surface area contributed by atoms with Crippen molar-refractivity contribution in [2.75, 3.05) is 26.2 Å². The molecule has 1 aliphatic heterocycles. The maximum atomic E-state index is 14.7. The highest BCUT2D eigenvalue weighted by molar-refractivity contribution is 6.38. The molecule has 5 N–H and O–H groups in total. The standard InChI is InChI=1S/C36H60N6O7/c1-10-16-23(27(43)30(45)38-19-11-2)39-29(44)26-25-22(35(25,7)8)20-42(26)31(46)28(36(9)17-14-13-15-18-36)41-32(47)40-24(34(4,5)6)21-49-33(48)37-12-3/h11,22-26,28H,2,10,12-21H2,1,3-9H3,(H,37,48)(H,38,45)(H,39,44)(H2,40,41,47)/t22-,23?,24+,25-,26-,28+/m0/s1. The summed E-state index contributed by atoms with van der Waals surface area (Å²) in [5, 5.41) is 13.8. The molecule has 3 fully saturated rings. The first-order valence-corrected chi connectivity index (χ1v) is 17.9. The minimum Gasteiger partial charge on any atom is -0.447 e. The van der Waals surface area contributed by atoms with E-state index in [0.717, 1.165) is 32.1 Å². The first-order valence-electron chi connectivity index (χ1n) is 17.9. The summed E-state index contributed by atoms with van der Waals surface area (Å²) in [6.07, 6.45) is 6.01. The fourth-order valence-electron chi connectivity index (χ4n) is 7.58. The number of rotatable bonds is 15. The summed E-state index contributed by atoms with van der Waals surface area (Å²) >= 11 is 0. The largest absolute Gasteiger partial charge is 0.447 e. The second-order valence-electron chi connectivity index (χ2n) is 15.9. The van der Waals surface area contributed by atoms with Crippen LogP contribution < -0.4 is 26.6 Å². The van der Waals surface area contributed by atoms with E-state index in [1.807, 2.05) is 34.6 Å². The van der Waals surface area contributed by atoms with Crippen LogP contribution in [-0.2, 0) is 23.9 Å². The van der Waals surface area contributed by atoms with Crippen LogP contribution in [-0.4, -0.2) is 90.9 Å². The van der Waals surface area contributed by atoms with Gasteiger partial charge >= 0.3 is 12.1 Å². The molecular formula is C36H60N6O7. The van der Waals surface area contributed by atoms with Gasteiger partial charge in [0.15, 0.2) is 0 Å². The summed E-state index contributed by atoms with van der Waals surface area (Å²) in [7, 11) is 0. The van der Waals surface area contributed by atoms with E-state index in [-0.39, 0.29) is 42.7 Å². The molecule has 6 amide bonds. The van der Waals surface area contributed by atoms with Crippen LogP contribution in [0.5, 0.6) is 0 Å². The predicted octanol–water partition coefficient (Wildman–Crippen LogP) is 3.42. The Bertz CT molecular complexity index is 1250. The molecule has 49 heavy (non-hydrogen) atoms. The van der Waals surface area contributed by atoms with Crippen molar-refractivity contribution < 1.29 is 33.5 Å². The van der Waals surface area contributed by atoms with Crippen LogP contribution in [0.4, 0.5) is 9.59 Å². The molecule has 276 valence electrons. The van der Waals surface area contributed by atoms with E-state index in [9.17, 15) is 28.8 Å². The molecule has 6 atom stereocenters. The minimum absolute atomic E-state index is 0.0608. The number of nitrogens with one attached hydrogen (secondary N) is 5. The average Bonchev–Trinajstić information content (AvgIpc) is 3.34. The molecular weight excluding hydrogens is 628 g/mol. The fraction of sp³-hybridized carbons (Fsp3) is 0.778. The van der Waals surface area contributed by atoms with E-state index in [4.69, 9.17) is 4.74 Å². The molecule has 0 aromatic rings. The van der Waals surface area contributed by atoms with Gasteiger partial charge in [-0.05, 0) is 54.3 Å². The zero-order chi connectivity index (χ0) is 36.7. The van der Waals surface area contributed by atoms with Gasteiger partial charge in [-0.15, -0.1) is 6.58 Å². The first-order chi connectivity index (χ1) is 22.9. The van der Waals surface area contributed by atoms with Crippen LogP contribution in [0.15, 0.2) is 12.7 Å². The van der Waals surface area contributed by atoms with E-state index in [0.29, 0.717) is 19.5 Å². The number of ether oxygens (including phenoxy) is 1. The number of piperidine rings is 1. The summed E-state index contributed by atoms with van der Waals surface area (Å²) in [6.45, 7) is 19.9. The molecule has 3 aliphatic rings. The maximum Gasteiger partial charge on any atom is 0.407 e. The van der Waals surface area contributed by atoms with Crippen molar-refractivity contribution in [2.24, 2.45) is 28.1 Å². The van der Waals surface area contributed by atoms with Crippen molar-refractivity contribution in [3.05, 3.63) is 12.7 Å². The lowest BCUT2D eigenvalue weighted by Crippen LogP contribution is -2.63. The maximum absolute atomic E-state index is 14.7. The Morgan fingerprint density at radius 2 is 1.61 bits per heavy atom. The van der Waals surface area contributed by atoms with Crippen LogP contribution in [0.2, 0.25) is 0 Å². The zero-order valence-electron chi connectivity index (χ0n) is 30.8. The van der Waals surface area contributed by atoms with Crippen molar-refractivity contribution in [3.8, 4) is 0 Å². The summed E-state index contributed by atoms with van der Waals surface area (Å²) in [5.74, 6) is -2.40. The number of alkyl carbamates (subject to hydrolysis) is 1. The lowest BCUT2D eigenvalue weighted by atomic mass is 9.70. The van der Waals surface area contributed by atoms with Gasteiger partial charge in [-0.1, -0.05) is 80.2 Å². The van der Waals surface area contributed by atoms with Crippen LogP contribution >= 0.6 is 0 Å². The van der Waals surface area contributed by atoms with Gasteiger partial charge in [-0.25, -0.2) is 9.59 Å². The SMILES string of the molecule is C=CCNC(=O)C(=O)C(CCC)NC(=O)[C@@H]1[C@@H]2[C@H](CN1C(=O)[C@@H](NC(=O)N[C@H](COC(=O)NCC)C(C)(C)C)C1(C)CCCCC1)C2(C)C. The molecule has 13 heteroatoms. The van der Waals surface area contributed by atoms with Gasteiger partial charge in [0.1, 0.15) is 18.7 Å². The number of carbonyl (C=O) groups excluding carboxylic acids is 6. The van der Waals surface area contributed by atoms with Gasteiger partial charge in [-0.2, -0.15) is 0 Å². The average molecular weight is 689 g/mol. The molecule has 2 aliphatic carbocycles. The number of ketones is 1. The third-order valence-electron chi connectivity index (χ3n) is 10.9. The van der Waals surface area contributed by atoms with Crippen molar-refractivity contribution in [3.63, 3.8) is 0 Å². The lowest BCUT2D eigenvalue weighted by molar-refractivity contribution is -0.146. The number of fused-ring (bicyclic) bond motifs is 1. The summed E-state index contributed by atoms with van der Waals surface area (Å²) in [6, 6.07) is -3.93. The number of urea groups is 1. The van der Waals surface area contributed by atoms with Gasteiger partial charge in [-0.3, -0.25) is 19.2 Å². The number of Topliss-reactive ketones (excluding diaryl/α,β-unsaturated/α-hetero) is 1. The van der Waals surface area contributed by atoms with Gasteiger partial charge in [0.05, 0.1) is 12.1 Å². The number of likely N-dealkylation sites (tertiary alicyclic amines) is 1. The van der Waals surface area contributed by atoms with E-state index in [2.05, 4.69) is 47.0 Å². The molecule has 1 heterocycles. The summed E-state index contributed by atoms with van der Waals surface area (Å²) in [4.78, 5) is 81.7. The second-order valence-corrected chi connectivity index (χ2v) is 15.9. The van der Waals surface area contributed by atoms with Gasteiger partial charge in [0.2, 0.25) is 17.6 Å². The zero-order valence-corrected chi connectivity index (χ0v) is 30.8. The lowest BCUT2D eigenvalue weighted by Gasteiger charge is -2.43. The topological polar surface area (TPSA) is 175 Å². The smallest absolute Gasteiger partial charge is 0.407 e. The predicted molar refractivity (Wildman–Crippen MR) is 186 cm³/mol. The highest BCUT2D eigenvalue weighted by Crippen LogP contribution is 2.65. The summed E-state index contributed by atoms with van der Waals surface area (Å²) in [5.41, 5.74) is -1.23. The monoisotopic (exact) mass is 688 g/mol. The van der Waals surface area contributed by atoms with Gasteiger partial charge in [0.25, 0.3) is 5.91 Å². The molecule has 13 nitrogen and oxygen atoms in total. The van der Waals surface area contributed by atoms with Gasteiger partial charge < -0.3 is 36.2 Å². The molecule has 0 spiro atoms.